The molecule has 3 heterocycles. The van der Waals surface area contributed by atoms with Crippen LogP contribution in [-0.4, -0.2) is 46.7 Å². The van der Waals surface area contributed by atoms with Crippen molar-refractivity contribution in [3.05, 3.63) is 30.1 Å². The number of pyridine rings is 1. The van der Waals surface area contributed by atoms with Crippen molar-refractivity contribution in [2.45, 2.75) is 6.54 Å². The quantitative estimate of drug-likeness (QED) is 0.695. The Labute approximate surface area is 105 Å². The smallest absolute Gasteiger partial charge is 0.234 e. The minimum Gasteiger partial charge on any atom is -0.297 e. The van der Waals surface area contributed by atoms with Crippen molar-refractivity contribution in [2.75, 3.05) is 20.1 Å². The first kappa shape index (κ1) is 11.3. The Morgan fingerprint density at radius 3 is 2.50 bits per heavy atom. The molecule has 2 atom stereocenters. The van der Waals surface area contributed by atoms with Crippen LogP contribution in [0, 0.1) is 11.8 Å². The van der Waals surface area contributed by atoms with Gasteiger partial charge in [-0.1, -0.05) is 6.07 Å². The fraction of sp³-hybridized carbons (Fsp3) is 0.462. The van der Waals surface area contributed by atoms with Crippen molar-refractivity contribution in [3.8, 4) is 0 Å². The zero-order valence-corrected chi connectivity index (χ0v) is 10.2. The summed E-state index contributed by atoms with van der Waals surface area (Å²) in [7, 11) is 1.58. The van der Waals surface area contributed by atoms with Crippen molar-refractivity contribution in [2.24, 2.45) is 11.8 Å². The van der Waals surface area contributed by atoms with Crippen LogP contribution < -0.4 is 0 Å². The second-order valence-corrected chi connectivity index (χ2v) is 5.00. The molecule has 0 N–H and O–H groups in total. The van der Waals surface area contributed by atoms with Crippen LogP contribution >= 0.6 is 0 Å². The minimum atomic E-state index is -0.140. The van der Waals surface area contributed by atoms with Crippen LogP contribution in [0.15, 0.2) is 24.5 Å². The Bertz CT molecular complexity index is 464. The molecular weight excluding hydrogens is 230 g/mol. The molecule has 0 saturated carbocycles. The number of aromatic nitrogens is 1. The first-order valence-corrected chi connectivity index (χ1v) is 6.09. The number of carbonyl (C=O) groups is 2. The monoisotopic (exact) mass is 245 g/mol. The fourth-order valence-electron chi connectivity index (χ4n) is 2.87. The number of fused-ring (bicyclic) bond motifs is 1. The van der Waals surface area contributed by atoms with E-state index in [1.54, 1.807) is 13.2 Å². The van der Waals surface area contributed by atoms with Gasteiger partial charge in [-0.2, -0.15) is 0 Å². The van der Waals surface area contributed by atoms with Gasteiger partial charge in [0.15, 0.2) is 0 Å². The number of likely N-dealkylation sites (tertiary alicyclic amines) is 2. The van der Waals surface area contributed by atoms with Crippen LogP contribution in [0.25, 0.3) is 0 Å². The summed E-state index contributed by atoms with van der Waals surface area (Å²) in [5.74, 6) is -0.337. The van der Waals surface area contributed by atoms with Gasteiger partial charge < -0.3 is 0 Å². The molecule has 0 spiro atoms. The molecule has 0 radical (unpaired) electrons. The molecule has 5 nitrogen and oxygen atoms in total. The summed E-state index contributed by atoms with van der Waals surface area (Å²) in [6.45, 7) is 2.11. The first-order valence-electron chi connectivity index (χ1n) is 6.09. The highest BCUT2D eigenvalue weighted by molar-refractivity contribution is 6.05. The average Bonchev–Trinajstić information content (AvgIpc) is 2.88. The Morgan fingerprint density at radius 2 is 1.94 bits per heavy atom. The molecule has 0 aliphatic carbocycles. The van der Waals surface area contributed by atoms with Crippen molar-refractivity contribution >= 4 is 11.8 Å². The lowest BCUT2D eigenvalue weighted by molar-refractivity contribution is -0.138. The zero-order chi connectivity index (χ0) is 12.7. The molecule has 2 aliphatic heterocycles. The molecule has 2 amide bonds. The number of nitrogens with zero attached hydrogens (tertiary/aromatic N) is 3. The fourth-order valence-corrected chi connectivity index (χ4v) is 2.87. The minimum absolute atomic E-state index is 0.0290. The Kier molecular flexibility index (Phi) is 2.63. The van der Waals surface area contributed by atoms with Crippen LogP contribution in [0.2, 0.25) is 0 Å². The van der Waals surface area contributed by atoms with Crippen molar-refractivity contribution < 1.29 is 9.59 Å². The molecule has 1 aromatic heterocycles. The van der Waals surface area contributed by atoms with E-state index in [4.69, 9.17) is 0 Å². The summed E-state index contributed by atoms with van der Waals surface area (Å²) in [6.07, 6.45) is 3.56. The van der Waals surface area contributed by atoms with Crippen LogP contribution in [0.4, 0.5) is 0 Å². The molecule has 1 aromatic rings. The highest BCUT2D eigenvalue weighted by Gasteiger charge is 2.50. The second-order valence-electron chi connectivity index (χ2n) is 5.00. The van der Waals surface area contributed by atoms with Crippen molar-refractivity contribution in [3.63, 3.8) is 0 Å². The maximum Gasteiger partial charge on any atom is 0.234 e. The molecule has 0 aromatic carbocycles. The molecule has 0 unspecified atom stereocenters. The van der Waals surface area contributed by atoms with E-state index >= 15 is 0 Å². The third kappa shape index (κ3) is 1.71. The first-order chi connectivity index (χ1) is 8.66. The van der Waals surface area contributed by atoms with Gasteiger partial charge in [-0.3, -0.25) is 24.4 Å². The van der Waals surface area contributed by atoms with E-state index in [1.165, 1.54) is 4.90 Å². The molecule has 0 bridgehead atoms. The Balaban J connectivity index is 1.70. The van der Waals surface area contributed by atoms with Crippen LogP contribution in [0.1, 0.15) is 5.56 Å². The van der Waals surface area contributed by atoms with E-state index in [0.717, 1.165) is 12.1 Å². The van der Waals surface area contributed by atoms with Gasteiger partial charge in [-0.25, -0.2) is 0 Å². The lowest BCUT2D eigenvalue weighted by atomic mass is 10.00. The van der Waals surface area contributed by atoms with Gasteiger partial charge in [0.1, 0.15) is 0 Å². The number of rotatable bonds is 2. The predicted octanol–water partition coefficient (Wildman–Crippen LogP) is 0.128. The third-order valence-corrected chi connectivity index (χ3v) is 3.82. The Hall–Kier alpha value is -1.75. The summed E-state index contributed by atoms with van der Waals surface area (Å²) in [6, 6.07) is 3.91. The van der Waals surface area contributed by atoms with Gasteiger partial charge >= 0.3 is 0 Å². The van der Waals surface area contributed by atoms with Gasteiger partial charge in [0.05, 0.1) is 11.8 Å². The van der Waals surface area contributed by atoms with E-state index < -0.39 is 0 Å². The number of hydrogen-bond acceptors (Lipinski definition) is 4. The molecule has 2 saturated heterocycles. The Morgan fingerprint density at radius 1 is 1.28 bits per heavy atom. The number of amides is 2. The van der Waals surface area contributed by atoms with Crippen molar-refractivity contribution in [1.29, 1.82) is 0 Å². The van der Waals surface area contributed by atoms with E-state index in [9.17, 15) is 9.59 Å². The molecule has 5 heteroatoms. The second kappa shape index (κ2) is 4.17. The summed E-state index contributed by atoms with van der Waals surface area (Å²) in [5.41, 5.74) is 1.12. The lowest BCUT2D eigenvalue weighted by Gasteiger charge is -2.18. The van der Waals surface area contributed by atoms with Crippen molar-refractivity contribution in [1.82, 2.24) is 14.8 Å². The third-order valence-electron chi connectivity index (χ3n) is 3.82. The van der Waals surface area contributed by atoms with Gasteiger partial charge in [-0.15, -0.1) is 0 Å². The van der Waals surface area contributed by atoms with Gasteiger partial charge in [0.2, 0.25) is 11.8 Å². The lowest BCUT2D eigenvalue weighted by Crippen LogP contribution is -2.32. The van der Waals surface area contributed by atoms with E-state index in [0.29, 0.717) is 13.1 Å². The summed E-state index contributed by atoms with van der Waals surface area (Å²) in [5, 5.41) is 0. The maximum absolute atomic E-state index is 11.9. The van der Waals surface area contributed by atoms with Crippen LogP contribution in [-0.2, 0) is 16.1 Å². The maximum atomic E-state index is 11.9. The number of carbonyl (C=O) groups excluding carboxylic acids is 2. The van der Waals surface area contributed by atoms with Gasteiger partial charge in [-0.05, 0) is 11.6 Å². The highest BCUT2D eigenvalue weighted by atomic mass is 16.2. The van der Waals surface area contributed by atoms with E-state index in [-0.39, 0.29) is 23.7 Å². The predicted molar refractivity (Wildman–Crippen MR) is 64.3 cm³/mol. The largest absolute Gasteiger partial charge is 0.297 e. The number of imide groups is 1. The summed E-state index contributed by atoms with van der Waals surface area (Å²) >= 11 is 0. The normalized spacial score (nSPS) is 27.9. The zero-order valence-electron chi connectivity index (χ0n) is 10.2. The molecule has 18 heavy (non-hydrogen) atoms. The summed E-state index contributed by atoms with van der Waals surface area (Å²) < 4.78 is 0. The van der Waals surface area contributed by atoms with E-state index in [2.05, 4.69) is 9.88 Å². The van der Waals surface area contributed by atoms with Crippen LogP contribution in [0.5, 0.6) is 0 Å². The molecule has 3 rings (SSSR count). The molecule has 94 valence electrons. The van der Waals surface area contributed by atoms with E-state index in [1.807, 2.05) is 18.3 Å². The SMILES string of the molecule is CN1C(=O)[C@H]2CN(Cc3cccnc3)C[C@H]2C1=O. The molecule has 2 fully saturated rings. The van der Waals surface area contributed by atoms with Crippen LogP contribution in [0.3, 0.4) is 0 Å². The average molecular weight is 245 g/mol. The highest BCUT2D eigenvalue weighted by Crippen LogP contribution is 2.33. The van der Waals surface area contributed by atoms with Gasteiger partial charge in [0.25, 0.3) is 0 Å². The molecular formula is C13H15N3O2. The van der Waals surface area contributed by atoms with Gasteiger partial charge in [0, 0.05) is 39.1 Å². The standard InChI is InChI=1S/C13H15N3O2/c1-15-12(17)10-7-16(8-11(10)13(15)18)6-9-3-2-4-14-5-9/h2-5,10-11H,6-8H2,1H3/t10-,11+. The summed E-state index contributed by atoms with van der Waals surface area (Å²) in [4.78, 5) is 31.2. The molecule has 2 aliphatic rings. The number of hydrogen-bond donors (Lipinski definition) is 0. The topological polar surface area (TPSA) is 53.5 Å².